The van der Waals surface area contributed by atoms with Crippen molar-refractivity contribution in [3.63, 3.8) is 0 Å². The summed E-state index contributed by atoms with van der Waals surface area (Å²) in [7, 11) is 0. The summed E-state index contributed by atoms with van der Waals surface area (Å²) in [5, 5.41) is 13.8. The van der Waals surface area contributed by atoms with Crippen LogP contribution < -0.4 is 5.32 Å². The molecule has 1 aromatic heterocycles. The third-order valence-corrected chi connectivity index (χ3v) is 5.45. The fourth-order valence-corrected chi connectivity index (χ4v) is 4.04. The third-order valence-electron chi connectivity index (χ3n) is 5.45. The molecule has 2 aliphatic carbocycles. The zero-order valence-electron chi connectivity index (χ0n) is 13.3. The summed E-state index contributed by atoms with van der Waals surface area (Å²) in [6.07, 6.45) is 7.56. The second kappa shape index (κ2) is 5.51. The Bertz CT molecular complexity index is 843. The van der Waals surface area contributed by atoms with Crippen molar-refractivity contribution in [3.8, 4) is 0 Å². The number of allylic oxidation sites excluding steroid dienone is 2. The molecule has 124 valence electrons. The minimum Gasteiger partial charge on any atom is -0.480 e. The van der Waals surface area contributed by atoms with Gasteiger partial charge in [-0.15, -0.1) is 0 Å². The van der Waals surface area contributed by atoms with Crippen molar-refractivity contribution >= 4 is 22.7 Å². The lowest BCUT2D eigenvalue weighted by Gasteiger charge is -2.38. The van der Waals surface area contributed by atoms with Gasteiger partial charge in [0.25, 0.3) is 0 Å². The number of fused-ring (bicyclic) bond motifs is 1. The Morgan fingerprint density at radius 1 is 1.29 bits per heavy atom. The number of carbonyl (C=O) groups excluding carboxylic acids is 1. The lowest BCUT2D eigenvalue weighted by Crippen LogP contribution is -2.49. The molecule has 0 radical (unpaired) electrons. The van der Waals surface area contributed by atoms with Crippen LogP contribution in [0.2, 0.25) is 0 Å². The maximum atomic E-state index is 12.0. The van der Waals surface area contributed by atoms with Gasteiger partial charge >= 0.3 is 5.97 Å². The number of carboxylic acid groups (broad SMARTS) is 1. The maximum absolute atomic E-state index is 12.0. The Labute approximate surface area is 139 Å². The van der Waals surface area contributed by atoms with E-state index >= 15 is 0 Å². The van der Waals surface area contributed by atoms with Crippen LogP contribution in [0.4, 0.5) is 0 Å². The van der Waals surface area contributed by atoms with Gasteiger partial charge < -0.3 is 15.4 Å². The van der Waals surface area contributed by atoms with Crippen LogP contribution >= 0.6 is 0 Å². The molecule has 24 heavy (non-hydrogen) atoms. The molecule has 0 bridgehead atoms. The second-order valence-corrected chi connectivity index (χ2v) is 6.81. The number of H-pyrrole nitrogens is 1. The largest absolute Gasteiger partial charge is 0.480 e. The van der Waals surface area contributed by atoms with E-state index in [9.17, 15) is 14.7 Å². The van der Waals surface area contributed by atoms with Crippen LogP contribution in [-0.2, 0) is 16.0 Å². The van der Waals surface area contributed by atoms with E-state index in [1.165, 1.54) is 0 Å². The van der Waals surface area contributed by atoms with Crippen LogP contribution in [0.15, 0.2) is 42.2 Å². The maximum Gasteiger partial charge on any atom is 0.326 e. The van der Waals surface area contributed by atoms with Crippen LogP contribution in [-0.4, -0.2) is 27.9 Å². The number of carboxylic acids is 1. The molecule has 3 N–H and O–H groups in total. The van der Waals surface area contributed by atoms with E-state index in [2.05, 4.69) is 10.3 Å². The summed E-state index contributed by atoms with van der Waals surface area (Å²) in [4.78, 5) is 27.0. The molecule has 1 fully saturated rings. The molecule has 1 heterocycles. The number of ketones is 1. The molecule has 5 nitrogen and oxygen atoms in total. The fourth-order valence-electron chi connectivity index (χ4n) is 4.04. The van der Waals surface area contributed by atoms with Gasteiger partial charge in [-0.2, -0.15) is 0 Å². The van der Waals surface area contributed by atoms with Crippen molar-refractivity contribution in [3.05, 3.63) is 47.8 Å². The van der Waals surface area contributed by atoms with Crippen LogP contribution in [0, 0.1) is 5.41 Å². The molecule has 2 aromatic rings. The first-order valence-corrected chi connectivity index (χ1v) is 8.41. The topological polar surface area (TPSA) is 82.2 Å². The van der Waals surface area contributed by atoms with Crippen LogP contribution in [0.5, 0.6) is 0 Å². The SMILES string of the molecule is O=C(O)[C@H](Cc1c[nH]c2ccccc12)NC1=CC(=O)C12CCCC2. The Kier molecular flexibility index (Phi) is 3.44. The van der Waals surface area contributed by atoms with Gasteiger partial charge in [-0.05, 0) is 24.5 Å². The second-order valence-electron chi connectivity index (χ2n) is 6.81. The summed E-state index contributed by atoms with van der Waals surface area (Å²) in [6.45, 7) is 0. The first-order chi connectivity index (χ1) is 11.6. The van der Waals surface area contributed by atoms with Gasteiger partial charge in [0.2, 0.25) is 0 Å². The van der Waals surface area contributed by atoms with Gasteiger partial charge in [0.05, 0.1) is 5.41 Å². The molecule has 4 rings (SSSR count). The summed E-state index contributed by atoms with van der Waals surface area (Å²) < 4.78 is 0. The Hall–Kier alpha value is -2.56. The lowest BCUT2D eigenvalue weighted by molar-refractivity contribution is -0.139. The van der Waals surface area contributed by atoms with Crippen molar-refractivity contribution in [1.82, 2.24) is 10.3 Å². The number of nitrogens with one attached hydrogen (secondary N) is 2. The number of hydrogen-bond acceptors (Lipinski definition) is 3. The van der Waals surface area contributed by atoms with E-state index in [0.29, 0.717) is 6.42 Å². The molecule has 1 aromatic carbocycles. The summed E-state index contributed by atoms with van der Waals surface area (Å²) >= 11 is 0. The smallest absolute Gasteiger partial charge is 0.326 e. The zero-order chi connectivity index (χ0) is 16.7. The zero-order valence-corrected chi connectivity index (χ0v) is 13.3. The van der Waals surface area contributed by atoms with Crippen LogP contribution in [0.1, 0.15) is 31.2 Å². The Morgan fingerprint density at radius 3 is 2.75 bits per heavy atom. The predicted molar refractivity (Wildman–Crippen MR) is 90.6 cm³/mol. The molecular weight excluding hydrogens is 304 g/mol. The minimum atomic E-state index is -0.895. The number of aromatic amines is 1. The predicted octanol–water partition coefficient (Wildman–Crippen LogP) is 2.78. The normalized spacial score (nSPS) is 20.0. The van der Waals surface area contributed by atoms with E-state index in [-0.39, 0.29) is 5.78 Å². The van der Waals surface area contributed by atoms with Crippen LogP contribution in [0.25, 0.3) is 10.9 Å². The van der Waals surface area contributed by atoms with Gasteiger partial charge in [0.15, 0.2) is 5.78 Å². The number of rotatable bonds is 5. The quantitative estimate of drug-likeness (QED) is 0.790. The van der Waals surface area contributed by atoms with E-state index < -0.39 is 17.4 Å². The highest BCUT2D eigenvalue weighted by Gasteiger charge is 2.50. The molecule has 1 atom stereocenters. The molecule has 0 amide bonds. The van der Waals surface area contributed by atoms with Gasteiger partial charge in [0, 0.05) is 35.3 Å². The first-order valence-electron chi connectivity index (χ1n) is 8.41. The van der Waals surface area contributed by atoms with E-state index in [1.54, 1.807) is 6.08 Å². The first kappa shape index (κ1) is 15.0. The van der Waals surface area contributed by atoms with Crippen molar-refractivity contribution in [2.45, 2.75) is 38.1 Å². The molecule has 1 saturated carbocycles. The molecule has 0 unspecified atom stereocenters. The summed E-state index contributed by atoms with van der Waals surface area (Å²) in [5.41, 5.74) is 2.37. The average Bonchev–Trinajstić information content (AvgIpc) is 3.22. The molecule has 0 saturated heterocycles. The van der Waals surface area contributed by atoms with E-state index in [1.807, 2.05) is 30.5 Å². The standard InChI is InChI=1S/C19H20N2O3/c22-17-10-16(19(17)7-3-4-8-19)21-15(18(23)24)9-12-11-20-14-6-2-1-5-13(12)14/h1-2,5-6,10-11,15,20-21H,3-4,7-9H2,(H,23,24)/t15-/m0/s1. The average molecular weight is 324 g/mol. The fraction of sp³-hybridized carbons (Fsp3) is 0.368. The number of carbonyl (C=O) groups is 2. The highest BCUT2D eigenvalue weighted by Crippen LogP contribution is 2.49. The molecule has 5 heteroatoms. The summed E-state index contributed by atoms with van der Waals surface area (Å²) in [5.74, 6) is -0.743. The van der Waals surface area contributed by atoms with E-state index in [0.717, 1.165) is 47.8 Å². The monoisotopic (exact) mass is 324 g/mol. The summed E-state index contributed by atoms with van der Waals surface area (Å²) in [6, 6.07) is 7.13. The number of para-hydroxylation sites is 1. The van der Waals surface area contributed by atoms with Gasteiger partial charge in [-0.25, -0.2) is 4.79 Å². The van der Waals surface area contributed by atoms with Gasteiger partial charge in [0.1, 0.15) is 6.04 Å². The number of benzene rings is 1. The van der Waals surface area contributed by atoms with Gasteiger partial charge in [-0.1, -0.05) is 31.0 Å². The number of aromatic nitrogens is 1. The molecule has 2 aliphatic rings. The van der Waals surface area contributed by atoms with E-state index in [4.69, 9.17) is 0 Å². The van der Waals surface area contributed by atoms with Crippen molar-refractivity contribution in [1.29, 1.82) is 0 Å². The van der Waals surface area contributed by atoms with Crippen LogP contribution in [0.3, 0.4) is 0 Å². The van der Waals surface area contributed by atoms with Crippen molar-refractivity contribution in [2.75, 3.05) is 0 Å². The minimum absolute atomic E-state index is 0.152. The number of aliphatic carboxylic acids is 1. The highest BCUT2D eigenvalue weighted by atomic mass is 16.4. The Morgan fingerprint density at radius 2 is 2.04 bits per heavy atom. The molecular formula is C19H20N2O3. The Balaban J connectivity index is 1.56. The highest BCUT2D eigenvalue weighted by molar-refractivity contribution is 6.05. The van der Waals surface area contributed by atoms with Gasteiger partial charge in [-0.3, -0.25) is 4.79 Å². The molecule has 1 spiro atoms. The molecule has 0 aliphatic heterocycles. The third kappa shape index (κ3) is 2.23. The lowest BCUT2D eigenvalue weighted by atomic mass is 9.69. The number of hydrogen-bond donors (Lipinski definition) is 3. The van der Waals surface area contributed by atoms with Crippen molar-refractivity contribution < 1.29 is 14.7 Å². The van der Waals surface area contributed by atoms with Crippen molar-refractivity contribution in [2.24, 2.45) is 5.41 Å².